The maximum Gasteiger partial charge on any atom is 0.133 e. The Morgan fingerprint density at radius 2 is 1.81 bits per heavy atom. The van der Waals surface area contributed by atoms with Crippen molar-refractivity contribution in [2.75, 3.05) is 0 Å². The maximum atomic E-state index is 9.06. The molecule has 0 aliphatic carbocycles. The second kappa shape index (κ2) is 11.8. The van der Waals surface area contributed by atoms with Crippen LogP contribution >= 0.6 is 0 Å². The van der Waals surface area contributed by atoms with E-state index in [1.165, 1.54) is 25.3 Å². The van der Waals surface area contributed by atoms with Crippen LogP contribution in [0.5, 0.6) is 0 Å². The van der Waals surface area contributed by atoms with Gasteiger partial charge in [0.2, 0.25) is 0 Å². The van der Waals surface area contributed by atoms with Crippen LogP contribution in [0.3, 0.4) is 0 Å². The molecule has 0 radical (unpaired) electrons. The summed E-state index contributed by atoms with van der Waals surface area (Å²) < 4.78 is 0. The fraction of sp³-hybridized carbons (Fsp3) is 0.467. The number of hydrogen-bond acceptors (Lipinski definition) is 1. The minimum atomic E-state index is -0.688. The number of rotatable bonds is 8. The van der Waals surface area contributed by atoms with Gasteiger partial charge in [-0.15, -0.1) is 6.58 Å². The molecule has 0 heterocycles. The second-order valence-electron chi connectivity index (χ2n) is 3.60. The second-order valence-corrected chi connectivity index (χ2v) is 3.60. The zero-order valence-electron chi connectivity index (χ0n) is 9.99. The van der Waals surface area contributed by atoms with E-state index in [2.05, 4.69) is 37.2 Å². The number of aliphatic hydroxyl groups is 1. The fourth-order valence-electron chi connectivity index (χ4n) is 1.21. The Labute approximate surface area is 99.6 Å². The van der Waals surface area contributed by atoms with Crippen LogP contribution in [0.2, 0.25) is 0 Å². The van der Waals surface area contributed by atoms with E-state index in [1.807, 2.05) is 6.08 Å². The van der Waals surface area contributed by atoms with Gasteiger partial charge < -0.3 is 5.11 Å². The number of allylic oxidation sites excluding steroid dienone is 3. The molecule has 0 aliphatic rings. The van der Waals surface area contributed by atoms with Gasteiger partial charge in [0.05, 0.1) is 0 Å². The summed E-state index contributed by atoms with van der Waals surface area (Å²) in [4.78, 5) is 0. The molecule has 0 aromatic heterocycles. The van der Waals surface area contributed by atoms with Crippen molar-refractivity contribution in [3.63, 3.8) is 0 Å². The third-order valence-electron chi connectivity index (χ3n) is 2.14. The van der Waals surface area contributed by atoms with Crippen LogP contribution in [-0.2, 0) is 0 Å². The molecular weight excluding hydrogens is 196 g/mol. The minimum Gasteiger partial charge on any atom is -0.377 e. The summed E-state index contributed by atoms with van der Waals surface area (Å²) in [6.45, 7) is 7.14. The molecule has 0 aromatic rings. The maximum absolute atomic E-state index is 9.06. The Morgan fingerprint density at radius 3 is 2.50 bits per heavy atom. The summed E-state index contributed by atoms with van der Waals surface area (Å²) in [6, 6.07) is 0. The summed E-state index contributed by atoms with van der Waals surface area (Å²) in [5.74, 6) is 5.55. The van der Waals surface area contributed by atoms with Crippen molar-refractivity contribution < 1.29 is 5.11 Å². The lowest BCUT2D eigenvalue weighted by atomic mass is 10.1. The summed E-state index contributed by atoms with van der Waals surface area (Å²) in [5, 5.41) is 9.06. The van der Waals surface area contributed by atoms with Crippen molar-refractivity contribution >= 4 is 0 Å². The fourth-order valence-corrected chi connectivity index (χ4v) is 1.21. The van der Waals surface area contributed by atoms with Crippen molar-refractivity contribution in [1.82, 2.24) is 0 Å². The first kappa shape index (κ1) is 14.7. The van der Waals surface area contributed by atoms with Crippen LogP contribution in [-0.4, -0.2) is 11.2 Å². The van der Waals surface area contributed by atoms with E-state index in [4.69, 9.17) is 5.11 Å². The van der Waals surface area contributed by atoms with E-state index in [-0.39, 0.29) is 0 Å². The third kappa shape index (κ3) is 10.8. The number of aliphatic hydroxyl groups excluding tert-OH is 1. The smallest absolute Gasteiger partial charge is 0.133 e. The highest BCUT2D eigenvalue weighted by atomic mass is 16.3. The first-order valence-electron chi connectivity index (χ1n) is 5.86. The molecule has 1 atom stereocenters. The highest BCUT2D eigenvalue weighted by Gasteiger charge is 1.86. The van der Waals surface area contributed by atoms with E-state index in [0.29, 0.717) is 6.42 Å². The first-order valence-corrected chi connectivity index (χ1v) is 5.86. The molecule has 1 heteroatoms. The molecule has 0 saturated carbocycles. The van der Waals surface area contributed by atoms with Crippen LogP contribution in [0, 0.1) is 11.8 Å². The van der Waals surface area contributed by atoms with Gasteiger partial charge in [-0.25, -0.2) is 0 Å². The Kier molecular flexibility index (Phi) is 10.9. The Morgan fingerprint density at radius 1 is 1.06 bits per heavy atom. The molecule has 1 N–H and O–H groups in total. The van der Waals surface area contributed by atoms with Crippen LogP contribution in [0.1, 0.15) is 38.5 Å². The van der Waals surface area contributed by atoms with Crippen molar-refractivity contribution in [2.24, 2.45) is 0 Å². The quantitative estimate of drug-likeness (QED) is 0.375. The molecule has 88 valence electrons. The SMILES string of the molecule is C=CCCCCC/C=C\CC#CC(O)C=C. The van der Waals surface area contributed by atoms with E-state index in [9.17, 15) is 0 Å². The molecule has 0 saturated heterocycles. The molecule has 0 spiro atoms. The van der Waals surface area contributed by atoms with Crippen LogP contribution in [0.15, 0.2) is 37.5 Å². The molecule has 0 rings (SSSR count). The van der Waals surface area contributed by atoms with Crippen molar-refractivity contribution in [2.45, 2.75) is 44.6 Å². The number of hydrogen-bond donors (Lipinski definition) is 1. The van der Waals surface area contributed by atoms with Gasteiger partial charge in [-0.05, 0) is 25.7 Å². The molecule has 1 nitrogen and oxygen atoms in total. The van der Waals surface area contributed by atoms with E-state index >= 15 is 0 Å². The largest absolute Gasteiger partial charge is 0.377 e. The summed E-state index contributed by atoms with van der Waals surface area (Å²) in [7, 11) is 0. The number of unbranched alkanes of at least 4 members (excludes halogenated alkanes) is 4. The zero-order valence-corrected chi connectivity index (χ0v) is 9.99. The molecule has 0 bridgehead atoms. The summed E-state index contributed by atoms with van der Waals surface area (Å²) in [5.41, 5.74) is 0. The lowest BCUT2D eigenvalue weighted by Gasteiger charge is -1.94. The van der Waals surface area contributed by atoms with Gasteiger partial charge in [0.1, 0.15) is 6.10 Å². The predicted molar refractivity (Wildman–Crippen MR) is 71.0 cm³/mol. The Balaban J connectivity index is 3.36. The van der Waals surface area contributed by atoms with Gasteiger partial charge in [0, 0.05) is 6.42 Å². The summed E-state index contributed by atoms with van der Waals surface area (Å²) >= 11 is 0. The van der Waals surface area contributed by atoms with Crippen molar-refractivity contribution in [1.29, 1.82) is 0 Å². The molecular formula is C15H22O. The molecule has 16 heavy (non-hydrogen) atoms. The molecule has 0 aliphatic heterocycles. The Hall–Kier alpha value is -1.26. The van der Waals surface area contributed by atoms with Gasteiger partial charge in [-0.1, -0.05) is 49.1 Å². The highest BCUT2D eigenvalue weighted by molar-refractivity contribution is 5.12. The minimum absolute atomic E-state index is 0.688. The molecule has 0 aromatic carbocycles. The normalized spacial score (nSPS) is 11.8. The van der Waals surface area contributed by atoms with Gasteiger partial charge in [-0.3, -0.25) is 0 Å². The predicted octanol–water partition coefficient (Wildman–Crippen LogP) is 3.62. The topological polar surface area (TPSA) is 20.2 Å². The average Bonchev–Trinajstić information content (AvgIpc) is 2.31. The van der Waals surface area contributed by atoms with Crippen molar-refractivity contribution in [3.8, 4) is 11.8 Å². The first-order chi connectivity index (χ1) is 7.81. The van der Waals surface area contributed by atoms with Crippen molar-refractivity contribution in [3.05, 3.63) is 37.5 Å². The van der Waals surface area contributed by atoms with E-state index < -0.39 is 6.10 Å². The van der Waals surface area contributed by atoms with Gasteiger partial charge in [0.15, 0.2) is 0 Å². The van der Waals surface area contributed by atoms with Crippen LogP contribution < -0.4 is 0 Å². The standard InChI is InChI=1S/C15H22O/c1-3-5-6-7-8-9-10-11-12-13-14-15(16)4-2/h3-4,10-11,15-16H,1-2,5-9,12H2/b11-10-. The molecule has 0 fully saturated rings. The summed E-state index contributed by atoms with van der Waals surface area (Å²) in [6.07, 6.45) is 13.6. The van der Waals surface area contributed by atoms with Gasteiger partial charge >= 0.3 is 0 Å². The van der Waals surface area contributed by atoms with Gasteiger partial charge in [0.25, 0.3) is 0 Å². The van der Waals surface area contributed by atoms with Gasteiger partial charge in [-0.2, -0.15) is 0 Å². The van der Waals surface area contributed by atoms with E-state index in [1.54, 1.807) is 0 Å². The zero-order chi connectivity index (χ0) is 12.1. The lowest BCUT2D eigenvalue weighted by molar-refractivity contribution is 0.281. The van der Waals surface area contributed by atoms with Crippen LogP contribution in [0.25, 0.3) is 0 Å². The molecule has 0 amide bonds. The molecule has 1 unspecified atom stereocenters. The monoisotopic (exact) mass is 218 g/mol. The highest BCUT2D eigenvalue weighted by Crippen LogP contribution is 2.03. The Bertz CT molecular complexity index is 265. The van der Waals surface area contributed by atoms with E-state index in [0.717, 1.165) is 12.8 Å². The average molecular weight is 218 g/mol. The van der Waals surface area contributed by atoms with Crippen LogP contribution in [0.4, 0.5) is 0 Å². The lowest BCUT2D eigenvalue weighted by Crippen LogP contribution is -1.94. The third-order valence-corrected chi connectivity index (χ3v) is 2.14.